The van der Waals surface area contributed by atoms with Crippen LogP contribution in [0, 0.1) is 5.92 Å². The summed E-state index contributed by atoms with van der Waals surface area (Å²) in [6, 6.07) is -3.70. The molecule has 27 heavy (non-hydrogen) atoms. The molecule has 0 aromatic heterocycles. The van der Waals surface area contributed by atoms with Crippen LogP contribution in [0.1, 0.15) is 46.0 Å². The van der Waals surface area contributed by atoms with E-state index in [-0.39, 0.29) is 18.8 Å². The number of carboxylic acid groups (broad SMARTS) is 3. The number of nitrogens with one attached hydrogen (secondary N) is 2. The highest BCUT2D eigenvalue weighted by molar-refractivity contribution is 5.92. The van der Waals surface area contributed by atoms with E-state index in [1.165, 1.54) is 0 Å². The number of hydrogen-bond acceptors (Lipinski definition) is 6. The van der Waals surface area contributed by atoms with Gasteiger partial charge >= 0.3 is 17.9 Å². The maximum atomic E-state index is 12.3. The van der Waals surface area contributed by atoms with Crippen LogP contribution >= 0.6 is 0 Å². The molecule has 3 unspecified atom stereocenters. The first-order chi connectivity index (χ1) is 12.4. The number of amides is 2. The van der Waals surface area contributed by atoms with Gasteiger partial charge in [0.15, 0.2) is 0 Å². The van der Waals surface area contributed by atoms with Gasteiger partial charge in [-0.15, -0.1) is 0 Å². The molecule has 2 amide bonds. The molecular weight excluding hydrogens is 362 g/mol. The summed E-state index contributed by atoms with van der Waals surface area (Å²) >= 11 is 0. The fraction of sp³-hybridized carbons (Fsp3) is 0.688. The van der Waals surface area contributed by atoms with Crippen molar-refractivity contribution in [2.24, 2.45) is 11.7 Å². The molecule has 0 aromatic rings. The molecule has 0 heterocycles. The summed E-state index contributed by atoms with van der Waals surface area (Å²) in [7, 11) is 0. The Morgan fingerprint density at radius 2 is 1.26 bits per heavy atom. The Bertz CT molecular complexity index is 564. The molecule has 11 nitrogen and oxygen atoms in total. The van der Waals surface area contributed by atoms with Crippen molar-refractivity contribution in [1.82, 2.24) is 10.6 Å². The number of carbonyl (C=O) groups is 5. The highest BCUT2D eigenvalue weighted by Gasteiger charge is 2.28. The van der Waals surface area contributed by atoms with Crippen molar-refractivity contribution < 1.29 is 39.3 Å². The van der Waals surface area contributed by atoms with Gasteiger partial charge in [-0.25, -0.2) is 4.79 Å². The summed E-state index contributed by atoms with van der Waals surface area (Å²) in [5.74, 6) is -5.33. The van der Waals surface area contributed by atoms with Gasteiger partial charge in [0.25, 0.3) is 0 Å². The Morgan fingerprint density at radius 1 is 0.815 bits per heavy atom. The number of carbonyl (C=O) groups excluding carboxylic acids is 2. The van der Waals surface area contributed by atoms with E-state index in [0.29, 0.717) is 6.42 Å². The molecular formula is C16H27N3O8. The molecule has 0 aliphatic rings. The van der Waals surface area contributed by atoms with Crippen molar-refractivity contribution in [2.45, 2.75) is 64.1 Å². The number of aliphatic carboxylic acids is 3. The van der Waals surface area contributed by atoms with Crippen molar-refractivity contribution in [1.29, 1.82) is 0 Å². The summed E-state index contributed by atoms with van der Waals surface area (Å²) in [4.78, 5) is 57.0. The van der Waals surface area contributed by atoms with Crippen LogP contribution in [0.5, 0.6) is 0 Å². The summed E-state index contributed by atoms with van der Waals surface area (Å²) in [5.41, 5.74) is 5.73. The largest absolute Gasteiger partial charge is 0.481 e. The van der Waals surface area contributed by atoms with Gasteiger partial charge in [0.05, 0.1) is 6.04 Å². The number of rotatable bonds is 13. The van der Waals surface area contributed by atoms with E-state index in [0.717, 1.165) is 0 Å². The van der Waals surface area contributed by atoms with Crippen LogP contribution in [0.2, 0.25) is 0 Å². The fourth-order valence-electron chi connectivity index (χ4n) is 2.23. The van der Waals surface area contributed by atoms with E-state index in [1.54, 1.807) is 0 Å². The molecule has 0 rings (SSSR count). The van der Waals surface area contributed by atoms with Crippen molar-refractivity contribution in [2.75, 3.05) is 0 Å². The highest BCUT2D eigenvalue weighted by atomic mass is 16.4. The van der Waals surface area contributed by atoms with Gasteiger partial charge in [-0.05, 0) is 25.2 Å². The Labute approximate surface area is 156 Å². The van der Waals surface area contributed by atoms with E-state index in [9.17, 15) is 24.0 Å². The summed E-state index contributed by atoms with van der Waals surface area (Å²) in [6.45, 7) is 3.70. The van der Waals surface area contributed by atoms with Gasteiger partial charge in [-0.3, -0.25) is 19.2 Å². The minimum atomic E-state index is -1.48. The maximum absolute atomic E-state index is 12.3. The van der Waals surface area contributed by atoms with Crippen LogP contribution < -0.4 is 16.4 Å². The van der Waals surface area contributed by atoms with E-state index in [2.05, 4.69) is 10.6 Å². The second-order valence-corrected chi connectivity index (χ2v) is 6.56. The molecule has 3 atom stereocenters. The maximum Gasteiger partial charge on any atom is 0.326 e. The molecule has 0 aromatic carbocycles. The van der Waals surface area contributed by atoms with Crippen LogP contribution in [-0.2, 0) is 24.0 Å². The lowest BCUT2D eigenvalue weighted by Crippen LogP contribution is -2.54. The molecule has 0 spiro atoms. The first kappa shape index (κ1) is 24.3. The average molecular weight is 389 g/mol. The predicted octanol–water partition coefficient (Wildman–Crippen LogP) is -0.856. The van der Waals surface area contributed by atoms with Gasteiger partial charge in [-0.1, -0.05) is 13.8 Å². The zero-order valence-corrected chi connectivity index (χ0v) is 15.3. The highest BCUT2D eigenvalue weighted by Crippen LogP contribution is 2.06. The monoisotopic (exact) mass is 389 g/mol. The SMILES string of the molecule is CC(C)CC(N)C(=O)NC(CCC(=O)O)C(=O)NC(CCC(=O)O)C(=O)O. The molecule has 0 bridgehead atoms. The lowest BCUT2D eigenvalue weighted by atomic mass is 10.0. The second-order valence-electron chi connectivity index (χ2n) is 6.56. The Kier molecular flexibility index (Phi) is 10.7. The van der Waals surface area contributed by atoms with Gasteiger partial charge in [0.2, 0.25) is 11.8 Å². The Hall–Kier alpha value is -2.69. The molecule has 0 saturated carbocycles. The fourth-order valence-corrected chi connectivity index (χ4v) is 2.23. The van der Waals surface area contributed by atoms with E-state index < -0.39 is 60.7 Å². The van der Waals surface area contributed by atoms with Crippen LogP contribution in [0.3, 0.4) is 0 Å². The minimum Gasteiger partial charge on any atom is -0.481 e. The van der Waals surface area contributed by atoms with Crippen molar-refractivity contribution in [3.8, 4) is 0 Å². The number of nitrogens with two attached hydrogens (primary N) is 1. The topological polar surface area (TPSA) is 196 Å². The first-order valence-electron chi connectivity index (χ1n) is 8.46. The zero-order chi connectivity index (χ0) is 21.1. The van der Waals surface area contributed by atoms with Gasteiger partial charge in [-0.2, -0.15) is 0 Å². The smallest absolute Gasteiger partial charge is 0.326 e. The summed E-state index contributed by atoms with van der Waals surface area (Å²) < 4.78 is 0. The molecule has 154 valence electrons. The molecule has 0 aliphatic carbocycles. The number of carboxylic acids is 3. The third kappa shape index (κ3) is 10.8. The van der Waals surface area contributed by atoms with Gasteiger partial charge in [0.1, 0.15) is 12.1 Å². The zero-order valence-electron chi connectivity index (χ0n) is 15.3. The molecule has 0 radical (unpaired) electrons. The molecule has 0 saturated heterocycles. The lowest BCUT2D eigenvalue weighted by molar-refractivity contribution is -0.144. The first-order valence-corrected chi connectivity index (χ1v) is 8.46. The van der Waals surface area contributed by atoms with E-state index in [4.69, 9.17) is 21.1 Å². The predicted molar refractivity (Wildman–Crippen MR) is 92.7 cm³/mol. The van der Waals surface area contributed by atoms with Gasteiger partial charge in [0, 0.05) is 12.8 Å². The van der Waals surface area contributed by atoms with Crippen molar-refractivity contribution in [3.63, 3.8) is 0 Å². The van der Waals surface area contributed by atoms with E-state index in [1.807, 2.05) is 13.8 Å². The molecule has 0 fully saturated rings. The third-order valence-corrected chi connectivity index (χ3v) is 3.60. The van der Waals surface area contributed by atoms with Crippen LogP contribution in [0.15, 0.2) is 0 Å². The second kappa shape index (κ2) is 11.8. The standard InChI is InChI=1S/C16H27N3O8/c1-8(2)7-9(17)14(24)18-10(3-5-12(20)21)15(25)19-11(16(26)27)4-6-13(22)23/h8-11H,3-7,17H2,1-2H3,(H,18,24)(H,19,25)(H,20,21)(H,22,23)(H,26,27). The van der Waals surface area contributed by atoms with Crippen LogP contribution in [0.4, 0.5) is 0 Å². The Balaban J connectivity index is 5.09. The van der Waals surface area contributed by atoms with Crippen LogP contribution in [0.25, 0.3) is 0 Å². The van der Waals surface area contributed by atoms with Crippen LogP contribution in [-0.4, -0.2) is 63.2 Å². The quantitative estimate of drug-likeness (QED) is 0.232. The van der Waals surface area contributed by atoms with E-state index >= 15 is 0 Å². The number of hydrogen-bond donors (Lipinski definition) is 6. The minimum absolute atomic E-state index is 0.115. The molecule has 7 N–H and O–H groups in total. The lowest BCUT2D eigenvalue weighted by Gasteiger charge is -2.23. The third-order valence-electron chi connectivity index (χ3n) is 3.60. The summed E-state index contributed by atoms with van der Waals surface area (Å²) in [5, 5.41) is 31.0. The molecule has 11 heteroatoms. The molecule has 0 aliphatic heterocycles. The average Bonchev–Trinajstić information content (AvgIpc) is 2.53. The normalized spacial score (nSPS) is 14.1. The Morgan fingerprint density at radius 3 is 1.67 bits per heavy atom. The van der Waals surface area contributed by atoms with Crippen molar-refractivity contribution >= 4 is 29.7 Å². The van der Waals surface area contributed by atoms with Gasteiger partial charge < -0.3 is 31.7 Å². The summed E-state index contributed by atoms with van der Waals surface area (Å²) in [6.07, 6.45) is -1.21. The van der Waals surface area contributed by atoms with Crippen molar-refractivity contribution in [3.05, 3.63) is 0 Å².